The first kappa shape index (κ1) is 16.9. The Bertz CT molecular complexity index is 503. The van der Waals surface area contributed by atoms with E-state index in [1.807, 2.05) is 13.8 Å². The van der Waals surface area contributed by atoms with Crippen LogP contribution in [0.4, 0.5) is 11.4 Å². The Labute approximate surface area is 123 Å². The van der Waals surface area contributed by atoms with Gasteiger partial charge in [-0.05, 0) is 38.8 Å². The molecule has 1 amide bonds. The maximum atomic E-state index is 12.0. The summed E-state index contributed by atoms with van der Waals surface area (Å²) in [6.07, 6.45) is 1.75. The lowest BCUT2D eigenvalue weighted by Gasteiger charge is -2.08. The van der Waals surface area contributed by atoms with Crippen molar-refractivity contribution in [2.45, 2.75) is 32.8 Å². The second kappa shape index (κ2) is 8.21. The summed E-state index contributed by atoms with van der Waals surface area (Å²) in [7, 11) is 0. The molecule has 0 aliphatic carbocycles. The van der Waals surface area contributed by atoms with E-state index in [9.17, 15) is 14.9 Å². The van der Waals surface area contributed by atoms with Gasteiger partial charge in [0, 0.05) is 13.2 Å². The minimum absolute atomic E-state index is 0.0153. The Kier molecular flexibility index (Phi) is 6.61. The van der Waals surface area contributed by atoms with Crippen molar-refractivity contribution in [1.82, 2.24) is 5.32 Å². The summed E-state index contributed by atoms with van der Waals surface area (Å²) < 4.78 is 5.38. The van der Waals surface area contributed by atoms with E-state index in [0.29, 0.717) is 13.2 Å². The maximum Gasteiger partial charge on any atom is 0.304 e. The molecule has 0 saturated heterocycles. The smallest absolute Gasteiger partial charge is 0.304 e. The molecule has 116 valence electrons. The van der Waals surface area contributed by atoms with Crippen LogP contribution < -0.4 is 11.1 Å². The third-order valence-electron chi connectivity index (χ3n) is 2.80. The van der Waals surface area contributed by atoms with E-state index in [1.54, 1.807) is 0 Å². The number of nitrogens with one attached hydrogen (secondary N) is 1. The average molecular weight is 295 g/mol. The van der Waals surface area contributed by atoms with Crippen molar-refractivity contribution in [2.75, 3.05) is 18.9 Å². The summed E-state index contributed by atoms with van der Waals surface area (Å²) >= 11 is 0. The molecule has 7 heteroatoms. The number of amides is 1. The molecule has 0 saturated carbocycles. The summed E-state index contributed by atoms with van der Waals surface area (Å²) in [5.74, 6) is -0.487. The molecular formula is C14H21N3O4. The monoisotopic (exact) mass is 295 g/mol. The Morgan fingerprint density at radius 2 is 2.14 bits per heavy atom. The van der Waals surface area contributed by atoms with E-state index in [4.69, 9.17) is 10.5 Å². The van der Waals surface area contributed by atoms with Gasteiger partial charge in [-0.3, -0.25) is 14.9 Å². The normalized spacial score (nSPS) is 10.6. The number of unbranched alkanes of at least 4 members (excludes halogenated alkanes) is 1. The lowest BCUT2D eigenvalue weighted by molar-refractivity contribution is -0.384. The number of ether oxygens (including phenoxy) is 1. The summed E-state index contributed by atoms with van der Waals surface area (Å²) in [6.45, 7) is 4.99. The van der Waals surface area contributed by atoms with E-state index in [-0.39, 0.29) is 23.0 Å². The van der Waals surface area contributed by atoms with Gasteiger partial charge in [-0.25, -0.2) is 0 Å². The van der Waals surface area contributed by atoms with Crippen LogP contribution in [0.15, 0.2) is 18.2 Å². The minimum atomic E-state index is -0.638. The molecule has 0 radical (unpaired) electrons. The highest BCUT2D eigenvalue weighted by Gasteiger charge is 2.22. The van der Waals surface area contributed by atoms with Crippen molar-refractivity contribution < 1.29 is 14.5 Å². The van der Waals surface area contributed by atoms with Gasteiger partial charge in [0.1, 0.15) is 11.3 Å². The van der Waals surface area contributed by atoms with E-state index >= 15 is 0 Å². The fourth-order valence-electron chi connectivity index (χ4n) is 1.79. The highest BCUT2D eigenvalue weighted by atomic mass is 16.6. The summed E-state index contributed by atoms with van der Waals surface area (Å²) in [5, 5.41) is 13.6. The fourth-order valence-corrected chi connectivity index (χ4v) is 1.79. The van der Waals surface area contributed by atoms with Crippen molar-refractivity contribution in [3.8, 4) is 0 Å². The number of hydrogen-bond donors (Lipinski definition) is 2. The number of rotatable bonds is 8. The number of carbonyl (C=O) groups excluding carboxylic acids is 1. The van der Waals surface area contributed by atoms with E-state index in [0.717, 1.165) is 12.8 Å². The largest absolute Gasteiger partial charge is 0.393 e. The molecule has 0 unspecified atom stereocenters. The first-order valence-corrected chi connectivity index (χ1v) is 6.86. The number of nitrogens with zero attached hydrogens (tertiary/aromatic N) is 1. The van der Waals surface area contributed by atoms with Gasteiger partial charge in [-0.2, -0.15) is 0 Å². The quantitative estimate of drug-likeness (QED) is 0.330. The number of benzene rings is 1. The van der Waals surface area contributed by atoms with Crippen LogP contribution in [0.5, 0.6) is 0 Å². The molecule has 0 atom stereocenters. The van der Waals surface area contributed by atoms with Crippen molar-refractivity contribution in [3.63, 3.8) is 0 Å². The van der Waals surface area contributed by atoms with Gasteiger partial charge < -0.3 is 15.8 Å². The Morgan fingerprint density at radius 3 is 2.76 bits per heavy atom. The molecule has 1 aromatic rings. The number of anilines is 1. The van der Waals surface area contributed by atoms with Crippen molar-refractivity contribution in [1.29, 1.82) is 0 Å². The maximum absolute atomic E-state index is 12.0. The number of nitrogen functional groups attached to an aromatic ring is 1. The third kappa shape index (κ3) is 5.39. The minimum Gasteiger partial charge on any atom is -0.393 e. The molecule has 3 N–H and O–H groups in total. The molecule has 0 aromatic heterocycles. The molecule has 1 aromatic carbocycles. The summed E-state index contributed by atoms with van der Waals surface area (Å²) in [5.41, 5.74) is 5.16. The number of carbonyl (C=O) groups is 1. The summed E-state index contributed by atoms with van der Waals surface area (Å²) in [4.78, 5) is 22.3. The van der Waals surface area contributed by atoms with Crippen LogP contribution in [0.1, 0.15) is 37.0 Å². The first-order chi connectivity index (χ1) is 9.93. The van der Waals surface area contributed by atoms with Gasteiger partial charge in [0.15, 0.2) is 0 Å². The third-order valence-corrected chi connectivity index (χ3v) is 2.80. The SMILES string of the molecule is CC(C)OCCCCNC(=O)c1cccc(N)c1[N+](=O)[O-]. The molecule has 7 nitrogen and oxygen atoms in total. The van der Waals surface area contributed by atoms with Crippen molar-refractivity contribution in [3.05, 3.63) is 33.9 Å². The topological polar surface area (TPSA) is 107 Å². The van der Waals surface area contributed by atoms with Gasteiger partial charge in [0.2, 0.25) is 0 Å². The van der Waals surface area contributed by atoms with Crippen molar-refractivity contribution in [2.24, 2.45) is 0 Å². The molecule has 0 bridgehead atoms. The van der Waals surface area contributed by atoms with Gasteiger partial charge in [-0.1, -0.05) is 6.07 Å². The standard InChI is InChI=1S/C14H21N3O4/c1-10(2)21-9-4-3-8-16-14(18)11-6-5-7-12(15)13(11)17(19)20/h5-7,10H,3-4,8-9,15H2,1-2H3,(H,16,18). The van der Waals surface area contributed by atoms with E-state index in [1.165, 1.54) is 18.2 Å². The van der Waals surface area contributed by atoms with Gasteiger partial charge in [-0.15, -0.1) is 0 Å². The zero-order chi connectivity index (χ0) is 15.8. The highest BCUT2D eigenvalue weighted by Crippen LogP contribution is 2.25. The molecular weight excluding hydrogens is 274 g/mol. The second-order valence-corrected chi connectivity index (χ2v) is 4.88. The predicted molar refractivity (Wildman–Crippen MR) is 80.2 cm³/mol. The zero-order valence-electron chi connectivity index (χ0n) is 12.3. The predicted octanol–water partition coefficient (Wildman–Crippen LogP) is 2.11. The Morgan fingerprint density at radius 1 is 1.43 bits per heavy atom. The van der Waals surface area contributed by atoms with Crippen LogP contribution in [0, 0.1) is 10.1 Å². The van der Waals surface area contributed by atoms with Crippen LogP contribution in [0.2, 0.25) is 0 Å². The van der Waals surface area contributed by atoms with Crippen LogP contribution in [-0.2, 0) is 4.74 Å². The van der Waals surface area contributed by atoms with E-state index in [2.05, 4.69) is 5.32 Å². The molecule has 0 aliphatic rings. The molecule has 0 heterocycles. The highest BCUT2D eigenvalue weighted by molar-refractivity contribution is 6.00. The zero-order valence-corrected chi connectivity index (χ0v) is 12.3. The Hall–Kier alpha value is -2.15. The number of hydrogen-bond acceptors (Lipinski definition) is 5. The van der Waals surface area contributed by atoms with Gasteiger partial charge in [0.25, 0.3) is 5.91 Å². The van der Waals surface area contributed by atoms with E-state index < -0.39 is 10.8 Å². The molecule has 0 aliphatic heterocycles. The number of para-hydroxylation sites is 1. The number of nitrogens with two attached hydrogens (primary N) is 1. The number of nitro benzene ring substituents is 1. The van der Waals surface area contributed by atoms with Gasteiger partial charge in [0.05, 0.1) is 11.0 Å². The lowest BCUT2D eigenvalue weighted by atomic mass is 10.1. The second-order valence-electron chi connectivity index (χ2n) is 4.88. The lowest BCUT2D eigenvalue weighted by Crippen LogP contribution is -2.25. The fraction of sp³-hybridized carbons (Fsp3) is 0.500. The summed E-state index contributed by atoms with van der Waals surface area (Å²) in [6, 6.07) is 4.32. The number of nitro groups is 1. The van der Waals surface area contributed by atoms with Crippen LogP contribution in [0.3, 0.4) is 0 Å². The van der Waals surface area contributed by atoms with Crippen LogP contribution in [0.25, 0.3) is 0 Å². The van der Waals surface area contributed by atoms with Gasteiger partial charge >= 0.3 is 5.69 Å². The average Bonchev–Trinajstić information content (AvgIpc) is 2.41. The Balaban J connectivity index is 2.50. The molecule has 0 fully saturated rings. The van der Waals surface area contributed by atoms with Crippen molar-refractivity contribution >= 4 is 17.3 Å². The van der Waals surface area contributed by atoms with Crippen LogP contribution in [-0.4, -0.2) is 30.1 Å². The van der Waals surface area contributed by atoms with Crippen LogP contribution >= 0.6 is 0 Å². The molecule has 1 rings (SSSR count). The first-order valence-electron chi connectivity index (χ1n) is 6.86. The molecule has 0 spiro atoms. The molecule has 21 heavy (non-hydrogen) atoms.